The molecule has 35 heavy (non-hydrogen) atoms. The molecule has 0 aliphatic carbocycles. The molecule has 0 bridgehead atoms. The summed E-state index contributed by atoms with van der Waals surface area (Å²) in [4.78, 5) is 13.1. The van der Waals surface area contributed by atoms with Gasteiger partial charge in [0, 0.05) is 18.7 Å². The monoisotopic (exact) mass is 456 g/mol. The van der Waals surface area contributed by atoms with E-state index in [1.165, 1.54) is 16.3 Å². The van der Waals surface area contributed by atoms with Crippen molar-refractivity contribution in [3.8, 4) is 0 Å². The highest BCUT2D eigenvalue weighted by Gasteiger charge is 2.17. The van der Waals surface area contributed by atoms with Gasteiger partial charge in [0.1, 0.15) is 0 Å². The predicted molar refractivity (Wildman–Crippen MR) is 143 cm³/mol. The first-order chi connectivity index (χ1) is 17.3. The topological polar surface area (TPSA) is 41.1 Å². The molecule has 5 aromatic rings. The van der Waals surface area contributed by atoms with E-state index in [1.54, 1.807) is 0 Å². The minimum atomic E-state index is -0.202. The van der Waals surface area contributed by atoms with E-state index in [0.29, 0.717) is 5.56 Å². The summed E-state index contributed by atoms with van der Waals surface area (Å²) < 4.78 is 0. The van der Waals surface area contributed by atoms with Crippen LogP contribution in [-0.4, -0.2) is 5.91 Å². The Morgan fingerprint density at radius 1 is 0.600 bits per heavy atom. The number of nitrogens with one attached hydrogen (secondary N) is 2. The fourth-order valence-corrected chi connectivity index (χ4v) is 4.43. The first-order valence-corrected chi connectivity index (χ1v) is 11.9. The molecule has 0 saturated heterocycles. The van der Waals surface area contributed by atoms with E-state index in [-0.39, 0.29) is 11.9 Å². The highest BCUT2D eigenvalue weighted by atomic mass is 16.1. The van der Waals surface area contributed by atoms with Crippen LogP contribution in [0.2, 0.25) is 0 Å². The quantitative estimate of drug-likeness (QED) is 0.274. The summed E-state index contributed by atoms with van der Waals surface area (Å²) >= 11 is 0. The number of carbonyl (C=O) groups excluding carboxylic acids is 1. The summed E-state index contributed by atoms with van der Waals surface area (Å²) in [5.41, 5.74) is 5.19. The van der Waals surface area contributed by atoms with Crippen molar-refractivity contribution in [1.82, 2.24) is 10.6 Å². The van der Waals surface area contributed by atoms with E-state index >= 15 is 0 Å². The lowest BCUT2D eigenvalue weighted by atomic mass is 9.98. The van der Waals surface area contributed by atoms with E-state index in [1.807, 2.05) is 84.9 Å². The van der Waals surface area contributed by atoms with Gasteiger partial charge in [-0.2, -0.15) is 0 Å². The lowest BCUT2D eigenvalue weighted by molar-refractivity contribution is 0.0943. The Morgan fingerprint density at radius 2 is 1.20 bits per heavy atom. The Kier molecular flexibility index (Phi) is 6.97. The van der Waals surface area contributed by atoms with Gasteiger partial charge < -0.3 is 10.6 Å². The maximum Gasteiger partial charge on any atom is 0.252 e. The Balaban J connectivity index is 1.23. The number of hydrogen-bond acceptors (Lipinski definition) is 2. The van der Waals surface area contributed by atoms with Crippen molar-refractivity contribution in [1.29, 1.82) is 0 Å². The van der Waals surface area contributed by atoms with Crippen LogP contribution >= 0.6 is 0 Å². The molecule has 5 aromatic carbocycles. The second-order valence-electron chi connectivity index (χ2n) is 8.67. The average Bonchev–Trinajstić information content (AvgIpc) is 2.93. The molecule has 0 radical (unpaired) electrons. The molecule has 0 unspecified atom stereocenters. The van der Waals surface area contributed by atoms with Crippen LogP contribution in [0, 0.1) is 0 Å². The Morgan fingerprint density at radius 3 is 1.89 bits per heavy atom. The number of amides is 1. The third-order valence-corrected chi connectivity index (χ3v) is 6.28. The number of carbonyl (C=O) groups is 1. The van der Waals surface area contributed by atoms with E-state index < -0.39 is 0 Å². The fraction of sp³-hybridized carbons (Fsp3) is 0.0938. The molecule has 0 atom stereocenters. The van der Waals surface area contributed by atoms with E-state index in [4.69, 9.17) is 0 Å². The van der Waals surface area contributed by atoms with Gasteiger partial charge in [-0.05, 0) is 45.2 Å². The van der Waals surface area contributed by atoms with Crippen molar-refractivity contribution in [2.24, 2.45) is 0 Å². The predicted octanol–water partition coefficient (Wildman–Crippen LogP) is 6.65. The van der Waals surface area contributed by atoms with Crippen molar-refractivity contribution >= 4 is 16.7 Å². The molecule has 2 N–H and O–H groups in total. The van der Waals surface area contributed by atoms with Gasteiger partial charge in [-0.3, -0.25) is 4.79 Å². The molecule has 0 fully saturated rings. The molecule has 0 spiro atoms. The first kappa shape index (κ1) is 22.6. The number of fused-ring (bicyclic) bond motifs is 1. The van der Waals surface area contributed by atoms with Crippen LogP contribution in [0.3, 0.4) is 0 Å². The zero-order valence-corrected chi connectivity index (χ0v) is 19.5. The molecule has 0 heterocycles. The number of rotatable bonds is 8. The van der Waals surface area contributed by atoms with Gasteiger partial charge in [-0.15, -0.1) is 0 Å². The van der Waals surface area contributed by atoms with Gasteiger partial charge in [0.15, 0.2) is 0 Å². The van der Waals surface area contributed by atoms with Gasteiger partial charge in [-0.25, -0.2) is 0 Å². The second kappa shape index (κ2) is 10.8. The lowest BCUT2D eigenvalue weighted by Crippen LogP contribution is -2.29. The van der Waals surface area contributed by atoms with E-state index in [2.05, 4.69) is 53.1 Å². The summed E-state index contributed by atoms with van der Waals surface area (Å²) in [6.45, 7) is 1.53. The molecule has 0 saturated carbocycles. The molecule has 3 nitrogen and oxygen atoms in total. The maximum atomic E-state index is 13.1. The molecule has 5 rings (SSSR count). The van der Waals surface area contributed by atoms with Crippen molar-refractivity contribution in [2.45, 2.75) is 19.1 Å². The maximum absolute atomic E-state index is 13.1. The average molecular weight is 457 g/mol. The molecular weight excluding hydrogens is 428 g/mol. The Labute approximate surface area is 206 Å². The minimum Gasteiger partial charge on any atom is -0.341 e. The van der Waals surface area contributed by atoms with Gasteiger partial charge >= 0.3 is 0 Å². The first-order valence-electron chi connectivity index (χ1n) is 11.9. The molecular formula is C32H28N2O. The van der Waals surface area contributed by atoms with E-state index in [9.17, 15) is 4.79 Å². The SMILES string of the molecule is O=C(NC(c1ccccc1)c1ccccc1)c1ccc(CNCc2cccc3ccccc23)cc1. The zero-order chi connectivity index (χ0) is 23.9. The molecule has 0 aliphatic heterocycles. The van der Waals surface area contributed by atoms with Crippen LogP contribution < -0.4 is 10.6 Å². The van der Waals surface area contributed by atoms with Crippen LogP contribution in [0.4, 0.5) is 0 Å². The van der Waals surface area contributed by atoms with Gasteiger partial charge in [0.25, 0.3) is 5.91 Å². The van der Waals surface area contributed by atoms with Gasteiger partial charge in [0.05, 0.1) is 6.04 Å². The standard InChI is InChI=1S/C32H28N2O/c35-32(34-31(26-11-3-1-4-12-26)27-13-5-2-6-14-27)28-20-18-24(19-21-28)22-33-23-29-16-9-15-25-10-7-8-17-30(25)29/h1-21,31,33H,22-23H2,(H,34,35). The van der Waals surface area contributed by atoms with Gasteiger partial charge in [-0.1, -0.05) is 115 Å². The van der Waals surface area contributed by atoms with Crippen molar-refractivity contribution in [2.75, 3.05) is 0 Å². The highest BCUT2D eigenvalue weighted by Crippen LogP contribution is 2.22. The van der Waals surface area contributed by atoms with Crippen molar-refractivity contribution < 1.29 is 4.79 Å². The highest BCUT2D eigenvalue weighted by molar-refractivity contribution is 5.94. The van der Waals surface area contributed by atoms with Crippen LogP contribution in [-0.2, 0) is 13.1 Å². The van der Waals surface area contributed by atoms with E-state index in [0.717, 1.165) is 29.8 Å². The Hall–Kier alpha value is -4.21. The molecule has 172 valence electrons. The molecule has 0 aromatic heterocycles. The van der Waals surface area contributed by atoms with Crippen LogP contribution in [0.15, 0.2) is 127 Å². The third-order valence-electron chi connectivity index (χ3n) is 6.28. The molecule has 1 amide bonds. The molecule has 3 heteroatoms. The van der Waals surface area contributed by atoms with Crippen molar-refractivity contribution in [3.63, 3.8) is 0 Å². The summed E-state index contributed by atoms with van der Waals surface area (Å²) in [6.07, 6.45) is 0. The summed E-state index contributed by atoms with van der Waals surface area (Å²) in [7, 11) is 0. The van der Waals surface area contributed by atoms with Gasteiger partial charge in [0.2, 0.25) is 0 Å². The van der Waals surface area contributed by atoms with Crippen LogP contribution in [0.5, 0.6) is 0 Å². The van der Waals surface area contributed by atoms with Crippen molar-refractivity contribution in [3.05, 3.63) is 155 Å². The third kappa shape index (κ3) is 5.48. The smallest absolute Gasteiger partial charge is 0.252 e. The lowest BCUT2D eigenvalue weighted by Gasteiger charge is -2.20. The van der Waals surface area contributed by atoms with Crippen LogP contribution in [0.25, 0.3) is 10.8 Å². The normalized spacial score (nSPS) is 11.0. The minimum absolute atomic E-state index is 0.0852. The summed E-state index contributed by atoms with van der Waals surface area (Å²) in [5, 5.41) is 9.28. The summed E-state index contributed by atoms with van der Waals surface area (Å²) in [6, 6.07) is 42.6. The Bertz CT molecular complexity index is 1350. The largest absolute Gasteiger partial charge is 0.341 e. The molecule has 0 aliphatic rings. The summed E-state index contributed by atoms with van der Waals surface area (Å²) in [5.74, 6) is -0.0852. The second-order valence-corrected chi connectivity index (χ2v) is 8.67. The fourth-order valence-electron chi connectivity index (χ4n) is 4.43. The number of hydrogen-bond donors (Lipinski definition) is 2. The van der Waals surface area contributed by atoms with Crippen LogP contribution in [0.1, 0.15) is 38.7 Å². The zero-order valence-electron chi connectivity index (χ0n) is 19.5. The number of benzene rings is 5.